The van der Waals surface area contributed by atoms with Crippen LogP contribution < -0.4 is 0 Å². The third kappa shape index (κ3) is 2.14. The van der Waals surface area contributed by atoms with Crippen molar-refractivity contribution >= 4 is 12.2 Å². The Morgan fingerprint density at radius 2 is 2.00 bits per heavy atom. The predicted octanol–water partition coefficient (Wildman–Crippen LogP) is 4.49. The molecule has 0 heteroatoms. The van der Waals surface area contributed by atoms with Crippen LogP contribution in [0.2, 0.25) is 0 Å². The smallest absolute Gasteiger partial charge is 0.0153 e. The van der Waals surface area contributed by atoms with Crippen LogP contribution in [0.3, 0.4) is 0 Å². The normalized spacial score (nSPS) is 11.1. The maximum atomic E-state index is 3.84. The maximum absolute atomic E-state index is 3.84. The first-order valence-corrected chi connectivity index (χ1v) is 5.08. The van der Waals surface area contributed by atoms with Gasteiger partial charge in [-0.15, -0.1) is 0 Å². The maximum Gasteiger partial charge on any atom is -0.0153 e. The summed E-state index contributed by atoms with van der Waals surface area (Å²) in [7, 11) is 0. The SMILES string of the molecule is C=Cc1cccc(C(C)C)c1/C=C\C. The van der Waals surface area contributed by atoms with Gasteiger partial charge in [0.2, 0.25) is 0 Å². The third-order valence-corrected chi connectivity index (χ3v) is 2.35. The van der Waals surface area contributed by atoms with Gasteiger partial charge in [0.05, 0.1) is 0 Å². The van der Waals surface area contributed by atoms with Crippen LogP contribution >= 0.6 is 0 Å². The van der Waals surface area contributed by atoms with Crippen molar-refractivity contribution in [2.75, 3.05) is 0 Å². The summed E-state index contributed by atoms with van der Waals surface area (Å²) >= 11 is 0. The Bertz CT molecular complexity index is 343. The lowest BCUT2D eigenvalue weighted by atomic mass is 9.93. The van der Waals surface area contributed by atoms with Crippen molar-refractivity contribution < 1.29 is 0 Å². The van der Waals surface area contributed by atoms with Crippen LogP contribution in [-0.4, -0.2) is 0 Å². The van der Waals surface area contributed by atoms with Gasteiger partial charge in [-0.2, -0.15) is 0 Å². The zero-order chi connectivity index (χ0) is 10.6. The lowest BCUT2D eigenvalue weighted by Gasteiger charge is -2.12. The third-order valence-electron chi connectivity index (χ3n) is 2.35. The monoisotopic (exact) mass is 186 g/mol. The Morgan fingerprint density at radius 3 is 2.50 bits per heavy atom. The van der Waals surface area contributed by atoms with Crippen LogP contribution in [-0.2, 0) is 0 Å². The van der Waals surface area contributed by atoms with Crippen LogP contribution in [0, 0.1) is 0 Å². The Hall–Kier alpha value is -1.30. The highest BCUT2D eigenvalue weighted by Gasteiger charge is 2.06. The molecule has 0 saturated carbocycles. The molecule has 0 aliphatic carbocycles. The molecule has 0 aliphatic heterocycles. The molecule has 14 heavy (non-hydrogen) atoms. The molecule has 0 amide bonds. The average molecular weight is 186 g/mol. The van der Waals surface area contributed by atoms with Crippen LogP contribution in [0.4, 0.5) is 0 Å². The summed E-state index contributed by atoms with van der Waals surface area (Å²) in [5.41, 5.74) is 3.91. The van der Waals surface area contributed by atoms with Crippen LogP contribution in [0.1, 0.15) is 43.4 Å². The molecule has 1 aromatic rings. The number of rotatable bonds is 3. The van der Waals surface area contributed by atoms with E-state index in [4.69, 9.17) is 0 Å². The van der Waals surface area contributed by atoms with Gasteiger partial charge < -0.3 is 0 Å². The van der Waals surface area contributed by atoms with E-state index in [2.05, 4.69) is 50.8 Å². The minimum Gasteiger partial charge on any atom is -0.0984 e. The summed E-state index contributed by atoms with van der Waals surface area (Å²) in [6.07, 6.45) is 6.15. The van der Waals surface area contributed by atoms with Gasteiger partial charge in [-0.05, 0) is 29.5 Å². The minimum atomic E-state index is 0.557. The molecule has 0 nitrogen and oxygen atoms in total. The van der Waals surface area contributed by atoms with Gasteiger partial charge in [0.15, 0.2) is 0 Å². The van der Waals surface area contributed by atoms with Crippen molar-refractivity contribution in [2.45, 2.75) is 26.7 Å². The topological polar surface area (TPSA) is 0 Å². The molecule has 74 valence electrons. The van der Waals surface area contributed by atoms with E-state index in [0.29, 0.717) is 5.92 Å². The van der Waals surface area contributed by atoms with Gasteiger partial charge >= 0.3 is 0 Å². The standard InChI is InChI=1S/C14H18/c1-5-8-14-12(6-2)9-7-10-13(14)11(3)4/h5-11H,2H2,1,3-4H3/b8-5-. The van der Waals surface area contributed by atoms with Gasteiger partial charge in [-0.3, -0.25) is 0 Å². The molecule has 0 bridgehead atoms. The second-order valence-corrected chi connectivity index (χ2v) is 3.71. The van der Waals surface area contributed by atoms with Crippen LogP contribution in [0.5, 0.6) is 0 Å². The minimum absolute atomic E-state index is 0.557. The summed E-state index contributed by atoms with van der Waals surface area (Å²) in [5.74, 6) is 0.557. The summed E-state index contributed by atoms with van der Waals surface area (Å²) < 4.78 is 0. The number of benzene rings is 1. The fourth-order valence-electron chi connectivity index (χ4n) is 1.64. The zero-order valence-corrected chi connectivity index (χ0v) is 9.25. The number of hydrogen-bond donors (Lipinski definition) is 0. The largest absolute Gasteiger partial charge is 0.0984 e. The predicted molar refractivity (Wildman–Crippen MR) is 65.3 cm³/mol. The molecule has 1 aromatic carbocycles. The Balaban J connectivity index is 3.34. The number of allylic oxidation sites excluding steroid dienone is 1. The second kappa shape index (κ2) is 4.80. The average Bonchev–Trinajstić information content (AvgIpc) is 2.18. The highest BCUT2D eigenvalue weighted by molar-refractivity contribution is 5.67. The molecule has 0 atom stereocenters. The fraction of sp³-hybridized carbons (Fsp3) is 0.286. The van der Waals surface area contributed by atoms with Crippen molar-refractivity contribution in [3.63, 3.8) is 0 Å². The van der Waals surface area contributed by atoms with Crippen molar-refractivity contribution in [1.82, 2.24) is 0 Å². The molecule has 0 saturated heterocycles. The molecule has 0 radical (unpaired) electrons. The molecule has 0 N–H and O–H groups in total. The van der Waals surface area contributed by atoms with E-state index in [0.717, 1.165) is 0 Å². The summed E-state index contributed by atoms with van der Waals surface area (Å²) in [6, 6.07) is 6.39. The Morgan fingerprint density at radius 1 is 1.29 bits per heavy atom. The van der Waals surface area contributed by atoms with Crippen molar-refractivity contribution in [1.29, 1.82) is 0 Å². The molecule has 0 heterocycles. The van der Waals surface area contributed by atoms with Gasteiger partial charge in [0, 0.05) is 0 Å². The van der Waals surface area contributed by atoms with E-state index in [9.17, 15) is 0 Å². The highest BCUT2D eigenvalue weighted by atomic mass is 14.1. The summed E-state index contributed by atoms with van der Waals surface area (Å²) in [6.45, 7) is 10.3. The molecular weight excluding hydrogens is 168 g/mol. The van der Waals surface area contributed by atoms with Crippen LogP contribution in [0.25, 0.3) is 12.2 Å². The lowest BCUT2D eigenvalue weighted by molar-refractivity contribution is 0.863. The van der Waals surface area contributed by atoms with E-state index in [1.54, 1.807) is 0 Å². The van der Waals surface area contributed by atoms with Crippen molar-refractivity contribution in [2.24, 2.45) is 0 Å². The van der Waals surface area contributed by atoms with E-state index in [1.807, 2.05) is 13.0 Å². The molecule has 0 unspecified atom stereocenters. The summed E-state index contributed by atoms with van der Waals surface area (Å²) in [4.78, 5) is 0. The van der Waals surface area contributed by atoms with E-state index in [1.165, 1.54) is 16.7 Å². The van der Waals surface area contributed by atoms with E-state index in [-0.39, 0.29) is 0 Å². The zero-order valence-electron chi connectivity index (χ0n) is 9.25. The van der Waals surface area contributed by atoms with E-state index < -0.39 is 0 Å². The van der Waals surface area contributed by atoms with Gasteiger partial charge in [0.1, 0.15) is 0 Å². The fourth-order valence-corrected chi connectivity index (χ4v) is 1.64. The van der Waals surface area contributed by atoms with Crippen molar-refractivity contribution in [3.8, 4) is 0 Å². The van der Waals surface area contributed by atoms with Crippen LogP contribution in [0.15, 0.2) is 30.9 Å². The Kier molecular flexibility index (Phi) is 3.70. The molecule has 0 aromatic heterocycles. The van der Waals surface area contributed by atoms with Gasteiger partial charge in [-0.1, -0.05) is 56.9 Å². The van der Waals surface area contributed by atoms with Gasteiger partial charge in [-0.25, -0.2) is 0 Å². The summed E-state index contributed by atoms with van der Waals surface area (Å²) in [5, 5.41) is 0. The molecule has 0 spiro atoms. The highest BCUT2D eigenvalue weighted by Crippen LogP contribution is 2.24. The number of hydrogen-bond acceptors (Lipinski definition) is 0. The molecule has 1 rings (SSSR count). The second-order valence-electron chi connectivity index (χ2n) is 3.71. The Labute approximate surface area is 87.0 Å². The van der Waals surface area contributed by atoms with E-state index >= 15 is 0 Å². The first-order chi connectivity index (χ1) is 6.70. The van der Waals surface area contributed by atoms with Gasteiger partial charge in [0.25, 0.3) is 0 Å². The molecular formula is C14H18. The first-order valence-electron chi connectivity index (χ1n) is 5.08. The first kappa shape index (κ1) is 10.8. The quantitative estimate of drug-likeness (QED) is 0.652. The lowest BCUT2D eigenvalue weighted by Crippen LogP contribution is -1.93. The molecule has 0 fully saturated rings. The molecule has 0 aliphatic rings. The van der Waals surface area contributed by atoms with Crippen molar-refractivity contribution in [3.05, 3.63) is 47.5 Å².